The second-order valence-corrected chi connectivity index (χ2v) is 9.51. The Kier molecular flexibility index (Phi) is 6.84. The van der Waals surface area contributed by atoms with E-state index < -0.39 is 5.41 Å². The molecule has 0 bridgehead atoms. The van der Waals surface area contributed by atoms with Crippen molar-refractivity contribution in [3.8, 4) is 6.07 Å². The van der Waals surface area contributed by atoms with Crippen molar-refractivity contribution in [2.75, 3.05) is 17.2 Å². The number of aromatic nitrogens is 1. The first-order valence-corrected chi connectivity index (χ1v) is 11.2. The maximum absolute atomic E-state index is 12.9. The summed E-state index contributed by atoms with van der Waals surface area (Å²) in [6.07, 6.45) is 1.61. The molecule has 1 aliphatic rings. The normalized spacial score (nSPS) is 17.3. The van der Waals surface area contributed by atoms with Crippen molar-refractivity contribution < 1.29 is 9.53 Å². The fraction of sp³-hybridized carbons (Fsp3) is 0.391. The molecule has 8 nitrogen and oxygen atoms in total. The standard InChI is InChI=1S/C23H27N5O3S/c1-6-28-20(29)18(32-21(28)17(11-24)19-26-14(2)13-31-19)12-25-15-8-7-9-16(10-15)27-22(30)23(3,4)5/h7-10,12,14,25H,6,13H2,1-5H3,(H,27,30)/t14-/m0/s1. The van der Waals surface area contributed by atoms with Crippen LogP contribution in [-0.2, 0) is 16.1 Å². The molecule has 1 aliphatic heterocycles. The smallest absolute Gasteiger partial charge is 0.270 e. The van der Waals surface area contributed by atoms with Gasteiger partial charge in [-0.15, -0.1) is 11.3 Å². The Morgan fingerprint density at radius 2 is 2.12 bits per heavy atom. The lowest BCUT2D eigenvalue weighted by Crippen LogP contribution is -2.32. The number of ether oxygens (including phenoxy) is 1. The summed E-state index contributed by atoms with van der Waals surface area (Å²) in [4.78, 5) is 29.5. The summed E-state index contributed by atoms with van der Waals surface area (Å²) in [6, 6.07) is 9.38. The average molecular weight is 454 g/mol. The molecule has 2 aromatic rings. The van der Waals surface area contributed by atoms with Gasteiger partial charge in [0.15, 0.2) is 0 Å². The minimum absolute atomic E-state index is 0.0196. The van der Waals surface area contributed by atoms with Crippen LogP contribution in [0.25, 0.3) is 11.8 Å². The minimum Gasteiger partial charge on any atom is -0.475 e. The van der Waals surface area contributed by atoms with E-state index in [9.17, 15) is 14.9 Å². The van der Waals surface area contributed by atoms with Crippen molar-refractivity contribution in [3.05, 3.63) is 43.8 Å². The maximum Gasteiger partial charge on any atom is 0.270 e. The van der Waals surface area contributed by atoms with Gasteiger partial charge in [-0.3, -0.25) is 14.2 Å². The number of aliphatic imine (C=N–C) groups is 1. The molecule has 2 heterocycles. The summed E-state index contributed by atoms with van der Waals surface area (Å²) in [6.45, 7) is 10.1. The van der Waals surface area contributed by atoms with E-state index in [-0.39, 0.29) is 29.0 Å². The maximum atomic E-state index is 12.9. The molecule has 0 saturated heterocycles. The number of carbonyl (C=O) groups excluding carboxylic acids is 1. The van der Waals surface area contributed by atoms with Crippen molar-refractivity contribution in [2.45, 2.75) is 47.2 Å². The Bertz CT molecular complexity index is 1270. The first kappa shape index (κ1) is 23.3. The van der Waals surface area contributed by atoms with Crippen LogP contribution in [0.3, 0.4) is 0 Å². The van der Waals surface area contributed by atoms with Crippen molar-refractivity contribution in [1.29, 1.82) is 5.26 Å². The van der Waals surface area contributed by atoms with Gasteiger partial charge in [-0.2, -0.15) is 5.26 Å². The Morgan fingerprint density at radius 3 is 2.72 bits per heavy atom. The zero-order valence-corrected chi connectivity index (χ0v) is 19.7. The van der Waals surface area contributed by atoms with E-state index in [4.69, 9.17) is 4.74 Å². The summed E-state index contributed by atoms with van der Waals surface area (Å²) < 4.78 is 8.06. The topological polar surface area (TPSA) is 109 Å². The van der Waals surface area contributed by atoms with Crippen LogP contribution >= 0.6 is 11.3 Å². The minimum atomic E-state index is -0.506. The zero-order valence-electron chi connectivity index (χ0n) is 18.9. The van der Waals surface area contributed by atoms with Gasteiger partial charge in [0.1, 0.15) is 27.4 Å². The van der Waals surface area contributed by atoms with Crippen molar-refractivity contribution in [3.63, 3.8) is 0 Å². The Morgan fingerprint density at radius 1 is 1.41 bits per heavy atom. The Balaban J connectivity index is 1.96. The summed E-state index contributed by atoms with van der Waals surface area (Å²) >= 11 is 1.21. The third-order valence-electron chi connectivity index (χ3n) is 4.73. The third-order valence-corrected chi connectivity index (χ3v) is 5.86. The number of nitrogens with one attached hydrogen (secondary N) is 2. The molecule has 9 heteroatoms. The van der Waals surface area contributed by atoms with Crippen LogP contribution in [-0.4, -0.2) is 29.0 Å². The molecular weight excluding hydrogens is 426 g/mol. The van der Waals surface area contributed by atoms with Crippen LogP contribution in [0.2, 0.25) is 0 Å². The molecule has 1 amide bonds. The zero-order chi connectivity index (χ0) is 23.5. The largest absolute Gasteiger partial charge is 0.475 e. The molecule has 168 valence electrons. The van der Waals surface area contributed by atoms with Crippen LogP contribution in [0, 0.1) is 16.7 Å². The molecule has 2 N–H and O–H groups in total. The highest BCUT2D eigenvalue weighted by Gasteiger charge is 2.22. The van der Waals surface area contributed by atoms with E-state index in [0.717, 1.165) is 5.69 Å². The van der Waals surface area contributed by atoms with Gasteiger partial charge >= 0.3 is 0 Å². The first-order chi connectivity index (χ1) is 15.1. The van der Waals surface area contributed by atoms with Crippen LogP contribution in [0.4, 0.5) is 11.4 Å². The van der Waals surface area contributed by atoms with Gasteiger partial charge in [0.25, 0.3) is 5.56 Å². The Labute approximate surface area is 190 Å². The lowest BCUT2D eigenvalue weighted by molar-refractivity contribution is -0.123. The molecular formula is C23H27N5O3S. The number of anilines is 2. The highest BCUT2D eigenvalue weighted by atomic mass is 32.1. The van der Waals surface area contributed by atoms with E-state index in [0.29, 0.717) is 28.0 Å². The van der Waals surface area contributed by atoms with E-state index >= 15 is 0 Å². The van der Waals surface area contributed by atoms with Crippen molar-refractivity contribution in [2.24, 2.45) is 10.4 Å². The molecule has 3 rings (SSSR count). The third kappa shape index (κ3) is 5.08. The predicted molar refractivity (Wildman–Crippen MR) is 128 cm³/mol. The van der Waals surface area contributed by atoms with E-state index in [2.05, 4.69) is 21.7 Å². The van der Waals surface area contributed by atoms with Crippen LogP contribution in [0.15, 0.2) is 34.1 Å². The molecule has 32 heavy (non-hydrogen) atoms. The summed E-state index contributed by atoms with van der Waals surface area (Å²) in [5.74, 6) is 0.198. The molecule has 0 unspecified atom stereocenters. The van der Waals surface area contributed by atoms with Gasteiger partial charge in [0, 0.05) is 29.5 Å². The lowest BCUT2D eigenvalue weighted by Gasteiger charge is -2.18. The predicted octanol–water partition coefficient (Wildman–Crippen LogP) is 2.26. The number of hydrogen-bond donors (Lipinski definition) is 2. The molecule has 1 aromatic heterocycles. The summed E-state index contributed by atoms with van der Waals surface area (Å²) in [7, 11) is 0. The number of benzene rings is 1. The second kappa shape index (κ2) is 9.40. The first-order valence-electron chi connectivity index (χ1n) is 10.4. The fourth-order valence-corrected chi connectivity index (χ4v) is 4.03. The molecule has 1 aromatic carbocycles. The SMILES string of the molecule is CCn1c(=C(C#N)C2=N[C@@H](C)CO2)sc(=CNc2cccc(NC(=O)C(C)(C)C)c2)c1=O. The van der Waals surface area contributed by atoms with Crippen LogP contribution in [0.5, 0.6) is 0 Å². The number of carbonyl (C=O) groups is 1. The Hall–Kier alpha value is -3.38. The van der Waals surface area contributed by atoms with Gasteiger partial charge < -0.3 is 15.4 Å². The average Bonchev–Trinajstić information content (AvgIpc) is 3.30. The van der Waals surface area contributed by atoms with Crippen molar-refractivity contribution >= 4 is 46.3 Å². The summed E-state index contributed by atoms with van der Waals surface area (Å²) in [5, 5.41) is 15.7. The highest BCUT2D eigenvalue weighted by molar-refractivity contribution is 7.07. The number of rotatable bonds is 5. The fourth-order valence-electron chi connectivity index (χ4n) is 2.94. The molecule has 0 saturated carbocycles. The quantitative estimate of drug-likeness (QED) is 0.722. The monoisotopic (exact) mass is 453 g/mol. The molecule has 0 fully saturated rings. The molecule has 0 aliphatic carbocycles. The van der Waals surface area contributed by atoms with Gasteiger partial charge in [0.05, 0.1) is 6.04 Å². The second-order valence-electron chi connectivity index (χ2n) is 8.48. The number of hydrogen-bond acceptors (Lipinski definition) is 7. The van der Waals surface area contributed by atoms with E-state index in [1.54, 1.807) is 22.9 Å². The molecule has 0 radical (unpaired) electrons. The van der Waals surface area contributed by atoms with Crippen molar-refractivity contribution in [1.82, 2.24) is 4.57 Å². The number of amides is 1. The van der Waals surface area contributed by atoms with Crippen LogP contribution in [0.1, 0.15) is 34.6 Å². The van der Waals surface area contributed by atoms with E-state index in [1.807, 2.05) is 46.8 Å². The van der Waals surface area contributed by atoms with Gasteiger partial charge in [0.2, 0.25) is 11.8 Å². The molecule has 1 atom stereocenters. The van der Waals surface area contributed by atoms with Gasteiger partial charge in [-0.1, -0.05) is 26.8 Å². The van der Waals surface area contributed by atoms with E-state index in [1.165, 1.54) is 11.3 Å². The number of nitrogens with zero attached hydrogens (tertiary/aromatic N) is 3. The van der Waals surface area contributed by atoms with Crippen LogP contribution < -0.4 is 25.4 Å². The number of nitriles is 1. The summed E-state index contributed by atoms with van der Waals surface area (Å²) in [5.41, 5.74) is 0.943. The highest BCUT2D eigenvalue weighted by Crippen LogP contribution is 2.20. The van der Waals surface area contributed by atoms with Gasteiger partial charge in [-0.25, -0.2) is 4.99 Å². The molecule has 0 spiro atoms. The number of thiazole rings is 1. The lowest BCUT2D eigenvalue weighted by atomic mass is 9.95. The van der Waals surface area contributed by atoms with Gasteiger partial charge in [-0.05, 0) is 32.0 Å².